The first-order chi connectivity index (χ1) is 11.7. The van der Waals surface area contributed by atoms with Crippen molar-refractivity contribution in [2.24, 2.45) is 12.0 Å². The Morgan fingerprint density at radius 1 is 1.33 bits per heavy atom. The molecule has 0 aromatic carbocycles. The van der Waals surface area contributed by atoms with Crippen LogP contribution >= 0.6 is 0 Å². The van der Waals surface area contributed by atoms with Crippen LogP contribution in [0, 0.1) is 0 Å². The van der Waals surface area contributed by atoms with E-state index in [4.69, 9.17) is 4.99 Å². The van der Waals surface area contributed by atoms with Gasteiger partial charge in [0, 0.05) is 45.5 Å². The lowest BCUT2D eigenvalue weighted by molar-refractivity contribution is 0.206. The summed E-state index contributed by atoms with van der Waals surface area (Å²) in [7, 11) is 1.96. The van der Waals surface area contributed by atoms with Gasteiger partial charge in [0.05, 0.1) is 6.20 Å². The molecule has 6 nitrogen and oxygen atoms in total. The van der Waals surface area contributed by atoms with E-state index < -0.39 is 0 Å². The number of nitrogens with zero attached hydrogens (tertiary/aromatic N) is 4. The maximum absolute atomic E-state index is 4.74. The number of rotatable bonds is 8. The first-order valence-corrected chi connectivity index (χ1v) is 9.46. The third kappa shape index (κ3) is 6.51. The molecule has 24 heavy (non-hydrogen) atoms. The minimum absolute atomic E-state index is 0.550. The lowest BCUT2D eigenvalue weighted by atomic mass is 10.1. The van der Waals surface area contributed by atoms with E-state index in [1.807, 2.05) is 17.9 Å². The highest BCUT2D eigenvalue weighted by Crippen LogP contribution is 2.10. The van der Waals surface area contributed by atoms with Crippen molar-refractivity contribution in [3.05, 3.63) is 18.0 Å². The van der Waals surface area contributed by atoms with E-state index in [1.54, 1.807) is 0 Å². The second-order valence-corrected chi connectivity index (χ2v) is 6.65. The molecule has 1 aromatic heterocycles. The van der Waals surface area contributed by atoms with Gasteiger partial charge in [0.2, 0.25) is 0 Å². The molecule has 0 aliphatic carbocycles. The molecule has 0 saturated carbocycles. The zero-order valence-corrected chi connectivity index (χ0v) is 15.6. The maximum atomic E-state index is 4.74. The third-order valence-corrected chi connectivity index (χ3v) is 4.46. The van der Waals surface area contributed by atoms with Crippen LogP contribution in [0.1, 0.15) is 45.1 Å². The Bertz CT molecular complexity index is 487. The molecule has 1 aromatic rings. The zero-order valence-electron chi connectivity index (χ0n) is 15.6. The predicted molar refractivity (Wildman–Crippen MR) is 100 cm³/mol. The lowest BCUT2D eigenvalue weighted by Crippen LogP contribution is -2.48. The van der Waals surface area contributed by atoms with Crippen LogP contribution in [0.15, 0.2) is 17.4 Å². The van der Waals surface area contributed by atoms with Gasteiger partial charge in [0.25, 0.3) is 0 Å². The second-order valence-electron chi connectivity index (χ2n) is 6.65. The van der Waals surface area contributed by atoms with Gasteiger partial charge in [0.1, 0.15) is 0 Å². The molecule has 136 valence electrons. The Hall–Kier alpha value is -1.56. The van der Waals surface area contributed by atoms with E-state index in [2.05, 4.69) is 40.7 Å². The van der Waals surface area contributed by atoms with Crippen molar-refractivity contribution in [1.29, 1.82) is 0 Å². The zero-order chi connectivity index (χ0) is 17.2. The molecule has 2 heterocycles. The first-order valence-electron chi connectivity index (χ1n) is 9.46. The van der Waals surface area contributed by atoms with E-state index in [9.17, 15) is 0 Å². The number of guanidine groups is 1. The summed E-state index contributed by atoms with van der Waals surface area (Å²) in [6.45, 7) is 9.76. The van der Waals surface area contributed by atoms with Gasteiger partial charge in [-0.3, -0.25) is 9.67 Å². The second kappa shape index (κ2) is 10.3. The molecule has 0 amide bonds. The summed E-state index contributed by atoms with van der Waals surface area (Å²) in [6.07, 6.45) is 9.77. The molecule has 1 saturated heterocycles. The van der Waals surface area contributed by atoms with Gasteiger partial charge in [-0.05, 0) is 51.1 Å². The van der Waals surface area contributed by atoms with Gasteiger partial charge in [-0.1, -0.05) is 6.92 Å². The van der Waals surface area contributed by atoms with Crippen molar-refractivity contribution in [3.63, 3.8) is 0 Å². The van der Waals surface area contributed by atoms with Gasteiger partial charge in [-0.25, -0.2) is 0 Å². The number of likely N-dealkylation sites (tertiary alicyclic amines) is 1. The fraction of sp³-hybridized carbons (Fsp3) is 0.778. The predicted octanol–water partition coefficient (Wildman–Crippen LogP) is 1.78. The van der Waals surface area contributed by atoms with Crippen LogP contribution in [0.3, 0.4) is 0 Å². The van der Waals surface area contributed by atoms with E-state index in [-0.39, 0.29) is 0 Å². The number of hydrogen-bond acceptors (Lipinski definition) is 3. The Labute approximate surface area is 146 Å². The molecule has 0 bridgehead atoms. The van der Waals surface area contributed by atoms with Crippen LogP contribution in [-0.2, 0) is 13.5 Å². The highest BCUT2D eigenvalue weighted by atomic mass is 15.2. The Kier molecular flexibility index (Phi) is 8.08. The maximum Gasteiger partial charge on any atom is 0.191 e. The molecule has 1 aliphatic rings. The number of nitrogens with one attached hydrogen (secondary N) is 2. The summed E-state index contributed by atoms with van der Waals surface area (Å²) < 4.78 is 1.86. The molecule has 0 atom stereocenters. The Morgan fingerprint density at radius 3 is 2.75 bits per heavy atom. The summed E-state index contributed by atoms with van der Waals surface area (Å²) in [6, 6.07) is 0.550. The van der Waals surface area contributed by atoms with Crippen LogP contribution in [0.5, 0.6) is 0 Å². The van der Waals surface area contributed by atoms with Gasteiger partial charge >= 0.3 is 0 Å². The van der Waals surface area contributed by atoms with Crippen LogP contribution in [0.25, 0.3) is 0 Å². The molecule has 2 rings (SSSR count). The van der Waals surface area contributed by atoms with Crippen LogP contribution < -0.4 is 10.6 Å². The average Bonchev–Trinajstić information content (AvgIpc) is 2.99. The van der Waals surface area contributed by atoms with Crippen LogP contribution in [-0.4, -0.2) is 59.4 Å². The van der Waals surface area contributed by atoms with E-state index in [0.29, 0.717) is 6.04 Å². The minimum atomic E-state index is 0.550. The number of hydrogen-bond donors (Lipinski definition) is 2. The van der Waals surface area contributed by atoms with Crippen molar-refractivity contribution < 1.29 is 0 Å². The third-order valence-electron chi connectivity index (χ3n) is 4.46. The first kappa shape index (κ1) is 18.8. The van der Waals surface area contributed by atoms with E-state index in [0.717, 1.165) is 31.9 Å². The fourth-order valence-electron chi connectivity index (χ4n) is 3.21. The smallest absolute Gasteiger partial charge is 0.191 e. The van der Waals surface area contributed by atoms with Crippen molar-refractivity contribution in [2.75, 3.05) is 32.7 Å². The van der Waals surface area contributed by atoms with Crippen molar-refractivity contribution in [2.45, 2.75) is 52.0 Å². The Balaban J connectivity index is 1.72. The van der Waals surface area contributed by atoms with Gasteiger partial charge in [0.15, 0.2) is 5.96 Å². The van der Waals surface area contributed by atoms with Crippen LogP contribution in [0.4, 0.5) is 0 Å². The standard InChI is InChI=1S/C18H34N6/c1-4-11-24-12-8-17(9-13-24)22-18(19-5-2)20-10-6-7-16-14-21-23(3)15-16/h14-15,17H,4-13H2,1-3H3,(H2,19,20,22). The van der Waals surface area contributed by atoms with Gasteiger partial charge < -0.3 is 15.5 Å². The number of aromatic nitrogens is 2. The van der Waals surface area contributed by atoms with E-state index in [1.165, 1.54) is 44.5 Å². The lowest BCUT2D eigenvalue weighted by Gasteiger charge is -2.32. The summed E-state index contributed by atoms with van der Waals surface area (Å²) in [5.74, 6) is 0.970. The van der Waals surface area contributed by atoms with Gasteiger partial charge in [-0.15, -0.1) is 0 Å². The fourth-order valence-corrected chi connectivity index (χ4v) is 3.21. The van der Waals surface area contributed by atoms with Crippen molar-refractivity contribution >= 4 is 5.96 Å². The number of aryl methyl sites for hydroxylation is 2. The highest BCUT2D eigenvalue weighted by Gasteiger charge is 2.19. The normalized spacial score (nSPS) is 17.2. The molecule has 1 aliphatic heterocycles. The van der Waals surface area contributed by atoms with Crippen LogP contribution in [0.2, 0.25) is 0 Å². The summed E-state index contributed by atoms with van der Waals surface area (Å²) in [4.78, 5) is 7.30. The molecule has 0 spiro atoms. The summed E-state index contributed by atoms with van der Waals surface area (Å²) in [5.41, 5.74) is 1.29. The molecule has 6 heteroatoms. The van der Waals surface area contributed by atoms with Crippen molar-refractivity contribution in [1.82, 2.24) is 25.3 Å². The molecule has 0 unspecified atom stereocenters. The highest BCUT2D eigenvalue weighted by molar-refractivity contribution is 5.80. The molecular formula is C18H34N6. The minimum Gasteiger partial charge on any atom is -0.357 e. The molecular weight excluding hydrogens is 300 g/mol. The average molecular weight is 335 g/mol. The Morgan fingerprint density at radius 2 is 2.12 bits per heavy atom. The largest absolute Gasteiger partial charge is 0.357 e. The molecule has 1 fully saturated rings. The summed E-state index contributed by atoms with van der Waals surface area (Å²) in [5, 5.41) is 11.2. The van der Waals surface area contributed by atoms with Gasteiger partial charge in [-0.2, -0.15) is 5.10 Å². The quantitative estimate of drug-likeness (QED) is 0.432. The van der Waals surface area contributed by atoms with Crippen molar-refractivity contribution in [3.8, 4) is 0 Å². The summed E-state index contributed by atoms with van der Waals surface area (Å²) >= 11 is 0. The topological polar surface area (TPSA) is 57.5 Å². The number of piperidine rings is 1. The molecule has 0 radical (unpaired) electrons. The number of aliphatic imine (C=N–C) groups is 1. The molecule has 2 N–H and O–H groups in total. The monoisotopic (exact) mass is 334 g/mol. The SMILES string of the molecule is CCCN1CCC(NC(=NCCCc2cnn(C)c2)NCC)CC1. The van der Waals surface area contributed by atoms with E-state index >= 15 is 0 Å².